The van der Waals surface area contributed by atoms with E-state index in [0.717, 1.165) is 5.75 Å². The van der Waals surface area contributed by atoms with E-state index in [9.17, 15) is 0 Å². The smallest absolute Gasteiger partial charge is 0.151 e. The van der Waals surface area contributed by atoms with Gasteiger partial charge in [0.25, 0.3) is 0 Å². The summed E-state index contributed by atoms with van der Waals surface area (Å²) in [6.45, 7) is 2.14. The van der Waals surface area contributed by atoms with E-state index in [0.29, 0.717) is 5.92 Å². The lowest BCUT2D eigenvalue weighted by atomic mass is 10.0. The van der Waals surface area contributed by atoms with E-state index in [1.165, 1.54) is 17.3 Å². The van der Waals surface area contributed by atoms with Crippen molar-refractivity contribution >= 4 is 16.9 Å². The van der Waals surface area contributed by atoms with E-state index in [1.807, 2.05) is 18.2 Å². The van der Waals surface area contributed by atoms with E-state index in [4.69, 9.17) is 11.1 Å². The molecule has 13 heavy (non-hydrogen) atoms. The van der Waals surface area contributed by atoms with E-state index >= 15 is 0 Å². The first-order valence-electron chi connectivity index (χ1n) is 4.22. The molecule has 0 radical (unpaired) electrons. The van der Waals surface area contributed by atoms with Gasteiger partial charge in [-0.05, 0) is 11.5 Å². The molecule has 1 aromatic rings. The number of hydrogen-bond acceptors (Lipinski definition) is 2. The lowest BCUT2D eigenvalue weighted by Gasteiger charge is -2.09. The van der Waals surface area contributed by atoms with Crippen LogP contribution in [-0.2, 0) is 0 Å². The van der Waals surface area contributed by atoms with Gasteiger partial charge in [-0.3, -0.25) is 5.41 Å². The highest BCUT2D eigenvalue weighted by molar-refractivity contribution is 8.13. The Bertz CT molecular complexity index is 272. The van der Waals surface area contributed by atoms with Gasteiger partial charge in [0.15, 0.2) is 5.17 Å². The fourth-order valence-electron chi connectivity index (χ4n) is 1.09. The van der Waals surface area contributed by atoms with Crippen LogP contribution in [0.1, 0.15) is 18.4 Å². The first-order chi connectivity index (χ1) is 6.20. The zero-order chi connectivity index (χ0) is 9.68. The van der Waals surface area contributed by atoms with Crippen molar-refractivity contribution in [2.45, 2.75) is 12.8 Å². The average molecular weight is 194 g/mol. The van der Waals surface area contributed by atoms with Crippen molar-refractivity contribution in [3.8, 4) is 0 Å². The number of nitrogens with one attached hydrogen (secondary N) is 1. The minimum Gasteiger partial charge on any atom is -0.379 e. The molecule has 1 aromatic carbocycles. The lowest BCUT2D eigenvalue weighted by molar-refractivity contribution is 0.883. The quantitative estimate of drug-likeness (QED) is 0.573. The fourth-order valence-corrected chi connectivity index (χ4v) is 1.71. The van der Waals surface area contributed by atoms with E-state index in [-0.39, 0.29) is 5.17 Å². The van der Waals surface area contributed by atoms with Crippen LogP contribution in [0.25, 0.3) is 0 Å². The van der Waals surface area contributed by atoms with Gasteiger partial charge in [-0.1, -0.05) is 49.0 Å². The van der Waals surface area contributed by atoms with Crippen LogP contribution in [0.3, 0.4) is 0 Å². The van der Waals surface area contributed by atoms with Crippen LogP contribution < -0.4 is 5.73 Å². The third kappa shape index (κ3) is 3.51. The minimum atomic E-state index is 0.197. The molecule has 0 aliphatic carbocycles. The summed E-state index contributed by atoms with van der Waals surface area (Å²) in [6, 6.07) is 10.3. The van der Waals surface area contributed by atoms with Crippen molar-refractivity contribution in [3.63, 3.8) is 0 Å². The SMILES string of the molecule is CC(CSC(=N)N)c1ccccc1. The third-order valence-electron chi connectivity index (χ3n) is 1.86. The number of nitrogens with two attached hydrogens (primary N) is 1. The molecule has 0 fully saturated rings. The van der Waals surface area contributed by atoms with E-state index in [1.54, 1.807) is 0 Å². The van der Waals surface area contributed by atoms with Crippen molar-refractivity contribution in [2.24, 2.45) is 5.73 Å². The largest absolute Gasteiger partial charge is 0.379 e. The van der Waals surface area contributed by atoms with Gasteiger partial charge in [0.05, 0.1) is 0 Å². The first kappa shape index (κ1) is 10.1. The molecule has 0 aliphatic heterocycles. The second-order valence-electron chi connectivity index (χ2n) is 2.99. The molecular weight excluding hydrogens is 180 g/mol. The predicted molar refractivity (Wildman–Crippen MR) is 59.2 cm³/mol. The second kappa shape index (κ2) is 4.92. The zero-order valence-corrected chi connectivity index (χ0v) is 8.47. The molecule has 70 valence electrons. The number of benzene rings is 1. The molecule has 0 heterocycles. The van der Waals surface area contributed by atoms with Crippen LogP contribution in [0, 0.1) is 5.41 Å². The third-order valence-corrected chi connectivity index (χ3v) is 2.84. The lowest BCUT2D eigenvalue weighted by Crippen LogP contribution is -2.07. The molecule has 0 bridgehead atoms. The molecular formula is C10H14N2S. The molecule has 0 spiro atoms. The summed E-state index contributed by atoms with van der Waals surface area (Å²) >= 11 is 1.40. The Morgan fingerprint density at radius 1 is 1.46 bits per heavy atom. The normalized spacial score (nSPS) is 12.4. The van der Waals surface area contributed by atoms with Gasteiger partial charge < -0.3 is 5.73 Å². The first-order valence-corrected chi connectivity index (χ1v) is 5.20. The Morgan fingerprint density at radius 2 is 2.08 bits per heavy atom. The molecule has 0 aliphatic rings. The van der Waals surface area contributed by atoms with Gasteiger partial charge in [-0.25, -0.2) is 0 Å². The van der Waals surface area contributed by atoms with Gasteiger partial charge in [-0.15, -0.1) is 0 Å². The summed E-state index contributed by atoms with van der Waals surface area (Å²) in [7, 11) is 0. The van der Waals surface area contributed by atoms with E-state index < -0.39 is 0 Å². The second-order valence-corrected chi connectivity index (χ2v) is 4.05. The van der Waals surface area contributed by atoms with Crippen molar-refractivity contribution in [2.75, 3.05) is 5.75 Å². The number of hydrogen-bond donors (Lipinski definition) is 2. The van der Waals surface area contributed by atoms with Gasteiger partial charge >= 0.3 is 0 Å². The van der Waals surface area contributed by atoms with Crippen LogP contribution in [0.5, 0.6) is 0 Å². The molecule has 0 saturated heterocycles. The maximum absolute atomic E-state index is 7.09. The number of rotatable bonds is 3. The van der Waals surface area contributed by atoms with Crippen LogP contribution >= 0.6 is 11.8 Å². The zero-order valence-electron chi connectivity index (χ0n) is 7.66. The maximum atomic E-state index is 7.09. The molecule has 3 heteroatoms. The molecule has 0 saturated carbocycles. The summed E-state index contributed by atoms with van der Waals surface area (Å²) < 4.78 is 0. The fraction of sp³-hybridized carbons (Fsp3) is 0.300. The summed E-state index contributed by atoms with van der Waals surface area (Å²) in [4.78, 5) is 0. The van der Waals surface area contributed by atoms with Crippen LogP contribution in [-0.4, -0.2) is 10.9 Å². The van der Waals surface area contributed by atoms with Crippen molar-refractivity contribution < 1.29 is 0 Å². The summed E-state index contributed by atoms with van der Waals surface area (Å²) in [5.41, 5.74) is 6.57. The predicted octanol–water partition coefficient (Wildman–Crippen LogP) is 2.42. The maximum Gasteiger partial charge on any atom is 0.151 e. The molecule has 1 rings (SSSR count). The Hall–Kier alpha value is -0.960. The Morgan fingerprint density at radius 3 is 2.62 bits per heavy atom. The van der Waals surface area contributed by atoms with Crippen molar-refractivity contribution in [1.82, 2.24) is 0 Å². The summed E-state index contributed by atoms with van der Waals surface area (Å²) in [6.07, 6.45) is 0. The highest BCUT2D eigenvalue weighted by atomic mass is 32.2. The van der Waals surface area contributed by atoms with Gasteiger partial charge in [0, 0.05) is 5.75 Å². The summed E-state index contributed by atoms with van der Waals surface area (Å²) in [5.74, 6) is 1.33. The van der Waals surface area contributed by atoms with Crippen LogP contribution in [0.2, 0.25) is 0 Å². The number of amidine groups is 1. The average Bonchev–Trinajstić information content (AvgIpc) is 2.15. The van der Waals surface area contributed by atoms with Crippen molar-refractivity contribution in [3.05, 3.63) is 35.9 Å². The molecule has 1 unspecified atom stereocenters. The summed E-state index contributed by atoms with van der Waals surface area (Å²) in [5, 5.41) is 7.29. The molecule has 2 nitrogen and oxygen atoms in total. The van der Waals surface area contributed by atoms with Crippen molar-refractivity contribution in [1.29, 1.82) is 5.41 Å². The Labute approximate surface area is 83.0 Å². The van der Waals surface area contributed by atoms with E-state index in [2.05, 4.69) is 19.1 Å². The minimum absolute atomic E-state index is 0.197. The van der Waals surface area contributed by atoms with Gasteiger partial charge in [0.1, 0.15) is 0 Å². The molecule has 3 N–H and O–H groups in total. The monoisotopic (exact) mass is 194 g/mol. The standard InChI is InChI=1S/C10H14N2S/c1-8(7-13-10(11)12)9-5-3-2-4-6-9/h2-6,8H,7H2,1H3,(H3,11,12). The highest BCUT2D eigenvalue weighted by Crippen LogP contribution is 2.19. The molecule has 0 aromatic heterocycles. The Balaban J connectivity index is 2.49. The van der Waals surface area contributed by atoms with Crippen LogP contribution in [0.4, 0.5) is 0 Å². The molecule has 0 amide bonds. The van der Waals surface area contributed by atoms with Crippen LogP contribution in [0.15, 0.2) is 30.3 Å². The topological polar surface area (TPSA) is 49.9 Å². The van der Waals surface area contributed by atoms with Gasteiger partial charge in [-0.2, -0.15) is 0 Å². The highest BCUT2D eigenvalue weighted by Gasteiger charge is 2.04. The Kier molecular flexibility index (Phi) is 3.83. The van der Waals surface area contributed by atoms with Gasteiger partial charge in [0.2, 0.25) is 0 Å². The number of thioether (sulfide) groups is 1. The molecule has 1 atom stereocenters.